The van der Waals surface area contributed by atoms with Crippen molar-refractivity contribution in [1.82, 2.24) is 14.9 Å². The summed E-state index contributed by atoms with van der Waals surface area (Å²) < 4.78 is 10.1. The highest BCUT2D eigenvalue weighted by atomic mass is 32.1. The zero-order valence-corrected chi connectivity index (χ0v) is 20.3. The monoisotopic (exact) mass is 473 g/mol. The van der Waals surface area contributed by atoms with Crippen LogP contribution in [-0.2, 0) is 22.6 Å². The van der Waals surface area contributed by atoms with Gasteiger partial charge in [-0.05, 0) is 24.0 Å². The summed E-state index contributed by atoms with van der Waals surface area (Å²) in [5, 5.41) is 10.9. The molecule has 1 atom stereocenters. The number of rotatable bonds is 11. The summed E-state index contributed by atoms with van der Waals surface area (Å²) >= 11 is 1.15. The van der Waals surface area contributed by atoms with E-state index in [1.807, 2.05) is 44.2 Å². The maximum atomic E-state index is 12.9. The van der Waals surface area contributed by atoms with Crippen molar-refractivity contribution in [2.45, 2.75) is 40.0 Å². The van der Waals surface area contributed by atoms with Crippen LogP contribution in [0.1, 0.15) is 40.5 Å². The fourth-order valence-corrected chi connectivity index (χ4v) is 4.55. The fraction of sp³-hybridized carbons (Fsp3) is 0.458. The lowest BCUT2D eigenvalue weighted by Gasteiger charge is -2.26. The molecule has 0 saturated carbocycles. The second kappa shape index (κ2) is 11.5. The van der Waals surface area contributed by atoms with Gasteiger partial charge in [0.05, 0.1) is 24.6 Å². The van der Waals surface area contributed by atoms with E-state index < -0.39 is 12.1 Å². The van der Waals surface area contributed by atoms with Crippen LogP contribution < -0.4 is 5.56 Å². The van der Waals surface area contributed by atoms with Gasteiger partial charge in [0.15, 0.2) is 0 Å². The number of benzene rings is 1. The molecule has 2 aromatic heterocycles. The molecule has 2 heterocycles. The topological polar surface area (TPSA) is 105 Å². The Bertz CT molecular complexity index is 1130. The van der Waals surface area contributed by atoms with E-state index in [4.69, 9.17) is 9.47 Å². The highest BCUT2D eigenvalue weighted by Crippen LogP contribution is 2.28. The molecule has 8 nitrogen and oxygen atoms in total. The molecule has 3 rings (SSSR count). The molecular weight excluding hydrogens is 442 g/mol. The summed E-state index contributed by atoms with van der Waals surface area (Å²) in [5.41, 5.74) is 1.38. The molecular formula is C24H31N3O5S. The summed E-state index contributed by atoms with van der Waals surface area (Å²) in [5.74, 6) is 0.101. The minimum atomic E-state index is -0.512. The Hall–Kier alpha value is -2.59. The minimum Gasteiger partial charge on any atom is -0.459 e. The molecule has 1 aromatic carbocycles. The molecule has 0 saturated heterocycles. The number of H-pyrrole nitrogens is 1. The maximum Gasteiger partial charge on any atom is 0.348 e. The van der Waals surface area contributed by atoms with Gasteiger partial charge in [-0.25, -0.2) is 9.78 Å². The normalized spacial score (nSPS) is 12.6. The molecule has 0 amide bonds. The van der Waals surface area contributed by atoms with Gasteiger partial charge in [-0.1, -0.05) is 44.2 Å². The van der Waals surface area contributed by atoms with E-state index in [1.165, 1.54) is 7.11 Å². The number of nitrogens with zero attached hydrogens (tertiary/aromatic N) is 2. The number of esters is 1. The number of fused-ring (bicyclic) bond motifs is 1. The van der Waals surface area contributed by atoms with Crippen LogP contribution in [0.3, 0.4) is 0 Å². The van der Waals surface area contributed by atoms with Gasteiger partial charge in [0.25, 0.3) is 5.56 Å². The van der Waals surface area contributed by atoms with Crippen LogP contribution in [-0.4, -0.2) is 58.9 Å². The lowest BCUT2D eigenvalue weighted by Crippen LogP contribution is -2.35. The van der Waals surface area contributed by atoms with E-state index in [2.05, 4.69) is 14.9 Å². The van der Waals surface area contributed by atoms with Crippen LogP contribution in [0.25, 0.3) is 10.2 Å². The summed E-state index contributed by atoms with van der Waals surface area (Å²) in [6, 6.07) is 9.96. The molecule has 1 unspecified atom stereocenters. The first kappa shape index (κ1) is 25.0. The van der Waals surface area contributed by atoms with Gasteiger partial charge in [0, 0.05) is 20.2 Å². The Morgan fingerprint density at radius 2 is 1.94 bits per heavy atom. The molecule has 0 bridgehead atoms. The van der Waals surface area contributed by atoms with Crippen molar-refractivity contribution in [3.05, 3.63) is 62.5 Å². The first-order valence-corrected chi connectivity index (χ1v) is 11.7. The number of aromatic nitrogens is 2. The number of carbonyl (C=O) groups excluding carboxylic acids is 1. The van der Waals surface area contributed by atoms with E-state index in [0.29, 0.717) is 52.7 Å². The van der Waals surface area contributed by atoms with Crippen molar-refractivity contribution in [1.29, 1.82) is 0 Å². The Morgan fingerprint density at radius 3 is 2.61 bits per heavy atom. The maximum absolute atomic E-state index is 12.9. The van der Waals surface area contributed by atoms with Gasteiger partial charge in [-0.3, -0.25) is 9.69 Å². The van der Waals surface area contributed by atoms with Crippen molar-refractivity contribution in [2.75, 3.05) is 26.9 Å². The van der Waals surface area contributed by atoms with Crippen molar-refractivity contribution in [3.8, 4) is 0 Å². The van der Waals surface area contributed by atoms with Crippen molar-refractivity contribution in [2.24, 2.45) is 5.92 Å². The van der Waals surface area contributed by atoms with Crippen LogP contribution in [0, 0.1) is 12.8 Å². The molecule has 0 aliphatic heterocycles. The van der Waals surface area contributed by atoms with Gasteiger partial charge in [-0.2, -0.15) is 0 Å². The number of hydrogen-bond donors (Lipinski definition) is 2. The van der Waals surface area contributed by atoms with Gasteiger partial charge in [0.2, 0.25) is 0 Å². The number of ether oxygens (including phenoxy) is 2. The van der Waals surface area contributed by atoms with E-state index in [9.17, 15) is 14.7 Å². The summed E-state index contributed by atoms with van der Waals surface area (Å²) in [7, 11) is 1.53. The van der Waals surface area contributed by atoms with E-state index in [1.54, 1.807) is 6.92 Å². The predicted octanol–water partition coefficient (Wildman–Crippen LogP) is 3.12. The molecule has 9 heteroatoms. The SMILES string of the molecule is COCCOC(=O)c1sc2nc(CN(Cc3ccccc3)CC(O)C(C)C)[nH]c(=O)c2c1C. The predicted molar refractivity (Wildman–Crippen MR) is 129 cm³/mol. The first-order chi connectivity index (χ1) is 15.8. The standard InChI is InChI=1S/C24H31N3O5S/c1-15(2)18(28)13-27(12-17-8-6-5-7-9-17)14-19-25-22(29)20-16(3)21(33-23(20)26-19)24(30)32-11-10-31-4/h5-9,15,18,28H,10-14H2,1-4H3,(H,25,26,29). The van der Waals surface area contributed by atoms with Crippen LogP contribution in [0.2, 0.25) is 0 Å². The van der Waals surface area contributed by atoms with Gasteiger partial charge < -0.3 is 19.6 Å². The largest absolute Gasteiger partial charge is 0.459 e. The molecule has 178 valence electrons. The highest BCUT2D eigenvalue weighted by molar-refractivity contribution is 7.20. The Labute approximate surface area is 197 Å². The molecule has 0 aliphatic carbocycles. The second-order valence-corrected chi connectivity index (χ2v) is 9.34. The number of aliphatic hydroxyl groups is 1. The third-order valence-corrected chi connectivity index (χ3v) is 6.56. The van der Waals surface area contributed by atoms with Crippen LogP contribution in [0.5, 0.6) is 0 Å². The van der Waals surface area contributed by atoms with E-state index in [-0.39, 0.29) is 18.1 Å². The quantitative estimate of drug-likeness (QED) is 0.326. The summed E-state index contributed by atoms with van der Waals surface area (Å²) in [4.78, 5) is 35.7. The summed E-state index contributed by atoms with van der Waals surface area (Å²) in [6.45, 7) is 7.51. The minimum absolute atomic E-state index is 0.101. The van der Waals surface area contributed by atoms with E-state index in [0.717, 1.165) is 16.9 Å². The number of carbonyl (C=O) groups is 1. The third kappa shape index (κ3) is 6.48. The van der Waals surface area contributed by atoms with Crippen molar-refractivity contribution >= 4 is 27.5 Å². The van der Waals surface area contributed by atoms with Gasteiger partial charge in [0.1, 0.15) is 22.1 Å². The Morgan fingerprint density at radius 1 is 1.21 bits per heavy atom. The first-order valence-electron chi connectivity index (χ1n) is 10.9. The number of thiophene rings is 1. The van der Waals surface area contributed by atoms with Crippen molar-refractivity contribution in [3.63, 3.8) is 0 Å². The average molecular weight is 474 g/mol. The molecule has 0 aliphatic rings. The zero-order valence-electron chi connectivity index (χ0n) is 19.5. The molecule has 0 fully saturated rings. The third-order valence-electron chi connectivity index (χ3n) is 5.39. The number of aryl methyl sites for hydroxylation is 1. The van der Waals surface area contributed by atoms with E-state index >= 15 is 0 Å². The zero-order chi connectivity index (χ0) is 24.0. The van der Waals surface area contributed by atoms with Crippen molar-refractivity contribution < 1.29 is 19.4 Å². The van der Waals surface area contributed by atoms with Crippen LogP contribution in [0.4, 0.5) is 0 Å². The number of aromatic amines is 1. The molecule has 0 spiro atoms. The number of aliphatic hydroxyl groups excluding tert-OH is 1. The molecule has 0 radical (unpaired) electrons. The van der Waals surface area contributed by atoms with Gasteiger partial charge in [-0.15, -0.1) is 11.3 Å². The molecule has 2 N–H and O–H groups in total. The fourth-order valence-electron chi connectivity index (χ4n) is 3.46. The second-order valence-electron chi connectivity index (χ2n) is 8.34. The number of nitrogens with one attached hydrogen (secondary N) is 1. The smallest absolute Gasteiger partial charge is 0.348 e. The Kier molecular flexibility index (Phi) is 8.74. The molecule has 3 aromatic rings. The lowest BCUT2D eigenvalue weighted by molar-refractivity contribution is 0.0393. The Balaban J connectivity index is 1.87. The van der Waals surface area contributed by atoms with Crippen LogP contribution >= 0.6 is 11.3 Å². The van der Waals surface area contributed by atoms with Gasteiger partial charge >= 0.3 is 5.97 Å². The number of methoxy groups -OCH3 is 1. The molecule has 33 heavy (non-hydrogen) atoms. The lowest BCUT2D eigenvalue weighted by atomic mass is 10.1. The van der Waals surface area contributed by atoms with Crippen LogP contribution in [0.15, 0.2) is 35.1 Å². The highest BCUT2D eigenvalue weighted by Gasteiger charge is 2.22. The summed E-state index contributed by atoms with van der Waals surface area (Å²) in [6.07, 6.45) is -0.512. The number of hydrogen-bond acceptors (Lipinski definition) is 8. The average Bonchev–Trinajstić information content (AvgIpc) is 3.11.